The van der Waals surface area contributed by atoms with Crippen molar-refractivity contribution in [2.75, 3.05) is 13.3 Å². The van der Waals surface area contributed by atoms with E-state index in [-0.39, 0.29) is 6.04 Å². The number of hydrogen-bond donors (Lipinski definition) is 0. The molecule has 0 aliphatic carbocycles. The van der Waals surface area contributed by atoms with Gasteiger partial charge in [-0.05, 0) is 6.92 Å². The van der Waals surface area contributed by atoms with Gasteiger partial charge in [0.15, 0.2) is 0 Å². The highest BCUT2D eigenvalue weighted by molar-refractivity contribution is 7.88. The van der Waals surface area contributed by atoms with E-state index in [1.54, 1.807) is 6.92 Å². The number of hydrogen-bond acceptors (Lipinski definition) is 2. The van der Waals surface area contributed by atoms with Gasteiger partial charge in [-0.15, -0.1) is 6.42 Å². The van der Waals surface area contributed by atoms with Crippen LogP contribution >= 0.6 is 0 Å². The average Bonchev–Trinajstić information content (AvgIpc) is 1.83. The molecule has 0 saturated heterocycles. The zero-order valence-corrected chi connectivity index (χ0v) is 7.14. The van der Waals surface area contributed by atoms with Crippen LogP contribution in [0.25, 0.3) is 0 Å². The molecular formula is C6H11NO2S. The number of sulfonamides is 1. The third kappa shape index (κ3) is 2.38. The molecule has 10 heavy (non-hydrogen) atoms. The first-order valence-corrected chi connectivity index (χ1v) is 4.63. The molecule has 0 saturated carbocycles. The molecule has 0 fully saturated rings. The van der Waals surface area contributed by atoms with Crippen molar-refractivity contribution in [3.8, 4) is 12.3 Å². The van der Waals surface area contributed by atoms with Gasteiger partial charge in [0.25, 0.3) is 0 Å². The van der Waals surface area contributed by atoms with Gasteiger partial charge in [-0.1, -0.05) is 5.92 Å². The van der Waals surface area contributed by atoms with Crippen molar-refractivity contribution in [2.24, 2.45) is 0 Å². The molecule has 0 aliphatic rings. The fraction of sp³-hybridized carbons (Fsp3) is 0.667. The quantitative estimate of drug-likeness (QED) is 0.530. The van der Waals surface area contributed by atoms with Crippen molar-refractivity contribution in [1.82, 2.24) is 4.31 Å². The Labute approximate surface area is 62.1 Å². The van der Waals surface area contributed by atoms with E-state index in [0.29, 0.717) is 0 Å². The fourth-order valence-corrected chi connectivity index (χ4v) is 1.03. The Morgan fingerprint density at radius 1 is 1.60 bits per heavy atom. The molecular weight excluding hydrogens is 150 g/mol. The van der Waals surface area contributed by atoms with E-state index in [9.17, 15) is 8.42 Å². The van der Waals surface area contributed by atoms with Crippen molar-refractivity contribution in [3.63, 3.8) is 0 Å². The minimum atomic E-state index is -3.12. The van der Waals surface area contributed by atoms with Gasteiger partial charge < -0.3 is 0 Å². The fourth-order valence-electron chi connectivity index (χ4n) is 0.392. The van der Waals surface area contributed by atoms with Crippen LogP contribution in [0.2, 0.25) is 0 Å². The van der Waals surface area contributed by atoms with Gasteiger partial charge >= 0.3 is 0 Å². The highest BCUT2D eigenvalue weighted by atomic mass is 32.2. The maximum absolute atomic E-state index is 10.8. The van der Waals surface area contributed by atoms with Crippen LogP contribution in [0.15, 0.2) is 0 Å². The number of nitrogens with zero attached hydrogens (tertiary/aromatic N) is 1. The molecule has 0 amide bonds. The van der Waals surface area contributed by atoms with E-state index in [1.807, 2.05) is 0 Å². The van der Waals surface area contributed by atoms with E-state index in [4.69, 9.17) is 6.42 Å². The maximum atomic E-state index is 10.8. The molecule has 1 unspecified atom stereocenters. The molecule has 0 aromatic rings. The van der Waals surface area contributed by atoms with Gasteiger partial charge in [0.2, 0.25) is 10.0 Å². The van der Waals surface area contributed by atoms with Crippen LogP contribution in [0, 0.1) is 12.3 Å². The van der Waals surface area contributed by atoms with E-state index < -0.39 is 10.0 Å². The largest absolute Gasteiger partial charge is 0.212 e. The minimum absolute atomic E-state index is 0.366. The average molecular weight is 161 g/mol. The summed E-state index contributed by atoms with van der Waals surface area (Å²) in [5, 5.41) is 0. The lowest BCUT2D eigenvalue weighted by atomic mass is 10.4. The molecule has 0 aliphatic heterocycles. The molecule has 58 valence electrons. The summed E-state index contributed by atoms with van der Waals surface area (Å²) in [5.74, 6) is 2.32. The van der Waals surface area contributed by atoms with Crippen LogP contribution in [0.5, 0.6) is 0 Å². The molecule has 0 heterocycles. The normalized spacial score (nSPS) is 14.7. The third-order valence-electron chi connectivity index (χ3n) is 1.31. The van der Waals surface area contributed by atoms with Gasteiger partial charge in [-0.25, -0.2) is 8.42 Å². The Bertz CT molecular complexity index is 237. The van der Waals surface area contributed by atoms with E-state index >= 15 is 0 Å². The lowest BCUT2D eigenvalue weighted by molar-refractivity contribution is 0.449. The zero-order chi connectivity index (χ0) is 8.36. The van der Waals surface area contributed by atoms with Gasteiger partial charge in [-0.3, -0.25) is 0 Å². The summed E-state index contributed by atoms with van der Waals surface area (Å²) >= 11 is 0. The molecule has 0 rings (SSSR count). The van der Waals surface area contributed by atoms with E-state index in [0.717, 1.165) is 10.6 Å². The van der Waals surface area contributed by atoms with Gasteiger partial charge in [0.05, 0.1) is 12.3 Å². The van der Waals surface area contributed by atoms with E-state index in [2.05, 4.69) is 5.92 Å². The first kappa shape index (κ1) is 9.47. The first-order valence-electron chi connectivity index (χ1n) is 2.78. The third-order valence-corrected chi connectivity index (χ3v) is 2.67. The summed E-state index contributed by atoms with van der Waals surface area (Å²) in [5.41, 5.74) is 0. The summed E-state index contributed by atoms with van der Waals surface area (Å²) in [7, 11) is -1.67. The van der Waals surface area contributed by atoms with E-state index in [1.165, 1.54) is 7.05 Å². The monoisotopic (exact) mass is 161 g/mol. The molecule has 1 atom stereocenters. The standard InChI is InChI=1S/C6H11NO2S/c1-5-6(2)7(3)10(4,8)9/h1,6H,2-4H3. The Hall–Kier alpha value is -0.530. The first-order chi connectivity index (χ1) is 4.39. The molecule has 0 spiro atoms. The molecule has 0 aromatic carbocycles. The number of terminal acetylenes is 1. The van der Waals surface area contributed by atoms with Crippen molar-refractivity contribution < 1.29 is 8.42 Å². The SMILES string of the molecule is C#CC(C)N(C)S(C)(=O)=O. The summed E-state index contributed by atoms with van der Waals surface area (Å²) in [6, 6.07) is -0.366. The second-order valence-corrected chi connectivity index (χ2v) is 4.16. The molecule has 0 aromatic heterocycles. The summed E-state index contributed by atoms with van der Waals surface area (Å²) in [4.78, 5) is 0. The second-order valence-electron chi connectivity index (χ2n) is 2.12. The Morgan fingerprint density at radius 2 is 2.00 bits per heavy atom. The zero-order valence-electron chi connectivity index (χ0n) is 6.33. The van der Waals surface area contributed by atoms with Crippen LogP contribution < -0.4 is 0 Å². The van der Waals surface area contributed by atoms with Crippen LogP contribution in [0.3, 0.4) is 0 Å². The highest BCUT2D eigenvalue weighted by Gasteiger charge is 2.15. The van der Waals surface area contributed by atoms with Crippen LogP contribution in [0.4, 0.5) is 0 Å². The lowest BCUT2D eigenvalue weighted by Gasteiger charge is -2.16. The topological polar surface area (TPSA) is 37.4 Å². The minimum Gasteiger partial charge on any atom is -0.212 e. The van der Waals surface area contributed by atoms with Crippen LogP contribution in [0.1, 0.15) is 6.92 Å². The predicted octanol–water partition coefficient (Wildman–Crippen LogP) is -0.101. The summed E-state index contributed by atoms with van der Waals surface area (Å²) < 4.78 is 22.7. The Morgan fingerprint density at radius 3 is 2.10 bits per heavy atom. The van der Waals surface area contributed by atoms with Crippen molar-refractivity contribution in [2.45, 2.75) is 13.0 Å². The maximum Gasteiger partial charge on any atom is 0.212 e. The van der Waals surface area contributed by atoms with Gasteiger partial charge in [-0.2, -0.15) is 4.31 Å². The predicted molar refractivity (Wildman–Crippen MR) is 40.9 cm³/mol. The smallest absolute Gasteiger partial charge is 0.212 e. The van der Waals surface area contributed by atoms with Crippen molar-refractivity contribution >= 4 is 10.0 Å². The summed E-state index contributed by atoms with van der Waals surface area (Å²) in [6.45, 7) is 1.65. The van der Waals surface area contributed by atoms with Crippen LogP contribution in [-0.2, 0) is 10.0 Å². The van der Waals surface area contributed by atoms with Crippen molar-refractivity contribution in [3.05, 3.63) is 0 Å². The van der Waals surface area contributed by atoms with Crippen molar-refractivity contribution in [1.29, 1.82) is 0 Å². The molecule has 3 nitrogen and oxygen atoms in total. The molecule has 0 radical (unpaired) electrons. The molecule has 0 N–H and O–H groups in total. The van der Waals surface area contributed by atoms with Gasteiger partial charge in [0.1, 0.15) is 0 Å². The Kier molecular flexibility index (Phi) is 2.88. The van der Waals surface area contributed by atoms with Crippen LogP contribution in [-0.4, -0.2) is 32.1 Å². The van der Waals surface area contributed by atoms with Gasteiger partial charge in [0, 0.05) is 7.05 Å². The lowest BCUT2D eigenvalue weighted by Crippen LogP contribution is -2.32. The summed E-state index contributed by atoms with van der Waals surface area (Å²) in [6.07, 6.45) is 6.14. The highest BCUT2D eigenvalue weighted by Crippen LogP contribution is 1.98. The molecule has 4 heteroatoms. The second kappa shape index (κ2) is 3.04. The number of rotatable bonds is 2. The molecule has 0 bridgehead atoms. The Balaban J connectivity index is 4.42.